The minimum atomic E-state index is -0.0991. The molecule has 4 rings (SSSR count). The number of methoxy groups -OCH3 is 1. The van der Waals surface area contributed by atoms with Crippen molar-refractivity contribution >= 4 is 33.2 Å². The second kappa shape index (κ2) is 10.1. The number of furan rings is 1. The second-order valence-electron chi connectivity index (χ2n) is 8.95. The van der Waals surface area contributed by atoms with E-state index in [1.165, 1.54) is 10.8 Å². The maximum Gasteiger partial charge on any atom is 0.244 e. The number of fused-ring (bicyclic) bond motifs is 2. The first kappa shape index (κ1) is 23.6. The molecule has 34 heavy (non-hydrogen) atoms. The van der Waals surface area contributed by atoms with Crippen LogP contribution in [0.15, 0.2) is 65.3 Å². The van der Waals surface area contributed by atoms with Gasteiger partial charge in [-0.3, -0.25) is 4.79 Å². The van der Waals surface area contributed by atoms with Crippen LogP contribution in [0.2, 0.25) is 0 Å². The van der Waals surface area contributed by atoms with Gasteiger partial charge in [0, 0.05) is 34.7 Å². The lowest BCUT2D eigenvalue weighted by molar-refractivity contribution is -0.116. The molecule has 0 bridgehead atoms. The third kappa shape index (κ3) is 4.85. The molecule has 0 aliphatic carbocycles. The van der Waals surface area contributed by atoms with Crippen molar-refractivity contribution in [3.05, 3.63) is 72.0 Å². The molecule has 0 atom stereocenters. The molecule has 0 radical (unpaired) electrons. The lowest BCUT2D eigenvalue weighted by Gasteiger charge is -2.14. The summed E-state index contributed by atoms with van der Waals surface area (Å²) in [6, 6.07) is 16.8. The van der Waals surface area contributed by atoms with Gasteiger partial charge >= 0.3 is 0 Å². The molecule has 1 heterocycles. The summed E-state index contributed by atoms with van der Waals surface area (Å²) in [5.74, 6) is 0.624. The molecule has 1 N–H and O–H groups in total. The molecule has 0 saturated carbocycles. The van der Waals surface area contributed by atoms with E-state index in [2.05, 4.69) is 46.6 Å². The van der Waals surface area contributed by atoms with Gasteiger partial charge in [0.25, 0.3) is 0 Å². The highest BCUT2D eigenvalue weighted by atomic mass is 16.5. The largest absolute Gasteiger partial charge is 0.496 e. The normalized spacial score (nSPS) is 12.0. The molecule has 0 unspecified atom stereocenters. The summed E-state index contributed by atoms with van der Waals surface area (Å²) < 4.78 is 11.8. The number of amides is 1. The topological polar surface area (TPSA) is 54.7 Å². The molecule has 176 valence electrons. The Morgan fingerprint density at radius 1 is 1.12 bits per heavy atom. The first-order valence-corrected chi connectivity index (χ1v) is 11.6. The molecule has 5 heteroatoms. The molecule has 1 amide bonds. The maximum absolute atomic E-state index is 12.5. The Kier molecular flexibility index (Phi) is 7.03. The van der Waals surface area contributed by atoms with Gasteiger partial charge in [-0.05, 0) is 75.0 Å². The monoisotopic (exact) mass is 456 g/mol. The number of aryl methyl sites for hydroxylation is 1. The van der Waals surface area contributed by atoms with Crippen LogP contribution in [0.1, 0.15) is 24.5 Å². The summed E-state index contributed by atoms with van der Waals surface area (Å²) in [6.07, 6.45) is 4.36. The predicted molar refractivity (Wildman–Crippen MR) is 140 cm³/mol. The van der Waals surface area contributed by atoms with Gasteiger partial charge < -0.3 is 19.4 Å². The Bertz CT molecular complexity index is 1360. The average molecular weight is 457 g/mol. The van der Waals surface area contributed by atoms with Crippen LogP contribution in [0, 0.1) is 6.92 Å². The van der Waals surface area contributed by atoms with Crippen molar-refractivity contribution < 1.29 is 13.9 Å². The lowest BCUT2D eigenvalue weighted by Crippen LogP contribution is -2.25. The number of nitrogens with one attached hydrogen (secondary N) is 1. The van der Waals surface area contributed by atoms with Crippen LogP contribution in [-0.2, 0) is 4.79 Å². The predicted octanol–water partition coefficient (Wildman–Crippen LogP) is 6.04. The minimum absolute atomic E-state index is 0.0991. The minimum Gasteiger partial charge on any atom is -0.496 e. The number of rotatable bonds is 8. The zero-order valence-electron chi connectivity index (χ0n) is 20.6. The van der Waals surface area contributed by atoms with Gasteiger partial charge in [-0.2, -0.15) is 0 Å². The number of carbonyl (C=O) groups is 1. The highest BCUT2D eigenvalue weighted by Gasteiger charge is 2.19. The summed E-state index contributed by atoms with van der Waals surface area (Å²) in [7, 11) is 5.71. The van der Waals surface area contributed by atoms with E-state index in [1.807, 2.05) is 46.3 Å². The molecular formula is C29H32N2O3. The van der Waals surface area contributed by atoms with Crippen molar-refractivity contribution in [1.82, 2.24) is 10.2 Å². The maximum atomic E-state index is 12.5. The van der Waals surface area contributed by atoms with Gasteiger partial charge in [0.2, 0.25) is 5.91 Å². The van der Waals surface area contributed by atoms with Crippen molar-refractivity contribution in [2.75, 3.05) is 34.3 Å². The Hall–Kier alpha value is -3.57. The van der Waals surface area contributed by atoms with Gasteiger partial charge in [0.05, 0.1) is 13.4 Å². The standard InChI is InChI=1S/C29H32N2O3/c1-19(15-27(32)30-13-8-14-31(3)4)24-17-25-26(18-34-29(25)20(2)28(24)33-5)23-12-11-21-9-6-7-10-22(21)16-23/h6-7,9-12,15-18H,8,13-14H2,1-5H3,(H,30,32)/b19-15+. The van der Waals surface area contributed by atoms with E-state index in [0.29, 0.717) is 6.54 Å². The van der Waals surface area contributed by atoms with Gasteiger partial charge in [-0.25, -0.2) is 0 Å². The molecule has 0 aliphatic heterocycles. The first-order chi connectivity index (χ1) is 16.4. The Morgan fingerprint density at radius 2 is 1.88 bits per heavy atom. The van der Waals surface area contributed by atoms with Gasteiger partial charge in [0.1, 0.15) is 11.3 Å². The summed E-state index contributed by atoms with van der Waals surface area (Å²) in [4.78, 5) is 14.6. The van der Waals surface area contributed by atoms with Crippen LogP contribution < -0.4 is 10.1 Å². The molecule has 0 saturated heterocycles. The van der Waals surface area contributed by atoms with Crippen LogP contribution in [0.5, 0.6) is 5.75 Å². The highest BCUT2D eigenvalue weighted by Crippen LogP contribution is 2.41. The van der Waals surface area contributed by atoms with Crippen LogP contribution in [-0.4, -0.2) is 45.1 Å². The fraction of sp³-hybridized carbons (Fsp3) is 0.276. The Morgan fingerprint density at radius 3 is 2.62 bits per heavy atom. The third-order valence-electron chi connectivity index (χ3n) is 6.16. The van der Waals surface area contributed by atoms with E-state index in [9.17, 15) is 4.79 Å². The lowest BCUT2D eigenvalue weighted by atomic mass is 9.95. The number of ether oxygens (including phenoxy) is 1. The van der Waals surface area contributed by atoms with E-state index in [4.69, 9.17) is 9.15 Å². The molecule has 0 fully saturated rings. The van der Waals surface area contributed by atoms with Crippen LogP contribution in [0.4, 0.5) is 0 Å². The first-order valence-electron chi connectivity index (χ1n) is 11.6. The number of hydrogen-bond acceptors (Lipinski definition) is 4. The average Bonchev–Trinajstić information content (AvgIpc) is 3.25. The van der Waals surface area contributed by atoms with Crippen molar-refractivity contribution in [3.63, 3.8) is 0 Å². The molecule has 4 aromatic rings. The fourth-order valence-electron chi connectivity index (χ4n) is 4.38. The molecular weight excluding hydrogens is 424 g/mol. The van der Waals surface area contributed by atoms with E-state index in [-0.39, 0.29) is 5.91 Å². The zero-order valence-corrected chi connectivity index (χ0v) is 20.6. The zero-order chi connectivity index (χ0) is 24.2. The van der Waals surface area contributed by atoms with Gasteiger partial charge in [-0.15, -0.1) is 0 Å². The SMILES string of the molecule is COc1c(/C(C)=C/C(=O)NCCCN(C)C)cc2c(-c3ccc4ccccc4c3)coc2c1C. The summed E-state index contributed by atoms with van der Waals surface area (Å²) in [5, 5.41) is 6.36. The third-order valence-corrected chi connectivity index (χ3v) is 6.16. The molecule has 1 aromatic heterocycles. The second-order valence-corrected chi connectivity index (χ2v) is 8.95. The Balaban J connectivity index is 1.71. The highest BCUT2D eigenvalue weighted by molar-refractivity contribution is 6.02. The molecule has 5 nitrogen and oxygen atoms in total. The van der Waals surface area contributed by atoms with Crippen molar-refractivity contribution in [3.8, 4) is 16.9 Å². The summed E-state index contributed by atoms with van der Waals surface area (Å²) in [5.41, 5.74) is 5.56. The van der Waals surface area contributed by atoms with E-state index in [0.717, 1.165) is 57.5 Å². The number of nitrogens with zero attached hydrogens (tertiary/aromatic N) is 1. The van der Waals surface area contributed by atoms with Gasteiger partial charge in [0.15, 0.2) is 0 Å². The van der Waals surface area contributed by atoms with Crippen LogP contribution in [0.25, 0.3) is 38.4 Å². The van der Waals surface area contributed by atoms with Crippen molar-refractivity contribution in [2.24, 2.45) is 0 Å². The van der Waals surface area contributed by atoms with E-state index in [1.54, 1.807) is 13.2 Å². The summed E-state index contributed by atoms with van der Waals surface area (Å²) >= 11 is 0. The quantitative estimate of drug-likeness (QED) is 0.259. The Labute approximate surface area is 201 Å². The van der Waals surface area contributed by atoms with E-state index >= 15 is 0 Å². The molecule has 0 spiro atoms. The number of benzene rings is 3. The number of hydrogen-bond donors (Lipinski definition) is 1. The van der Waals surface area contributed by atoms with Gasteiger partial charge in [-0.1, -0.05) is 36.4 Å². The summed E-state index contributed by atoms with van der Waals surface area (Å²) in [6.45, 7) is 5.51. The fourth-order valence-corrected chi connectivity index (χ4v) is 4.38. The van der Waals surface area contributed by atoms with Crippen molar-refractivity contribution in [1.29, 1.82) is 0 Å². The van der Waals surface area contributed by atoms with Crippen molar-refractivity contribution in [2.45, 2.75) is 20.3 Å². The molecule has 3 aromatic carbocycles. The van der Waals surface area contributed by atoms with Crippen LogP contribution >= 0.6 is 0 Å². The number of carbonyl (C=O) groups excluding carboxylic acids is 1. The number of allylic oxidation sites excluding steroid dienone is 1. The van der Waals surface area contributed by atoms with E-state index < -0.39 is 0 Å². The van der Waals surface area contributed by atoms with Crippen LogP contribution in [0.3, 0.4) is 0 Å². The molecule has 0 aliphatic rings. The smallest absolute Gasteiger partial charge is 0.244 e.